The first-order chi connectivity index (χ1) is 33.4. The molecule has 4 aromatic heterocycles. The number of nitrogens with zero attached hydrogens (tertiary/aromatic N) is 6. The minimum Gasteiger partial charge on any atom is -0.444 e. The van der Waals surface area contributed by atoms with Crippen LogP contribution in [0, 0.1) is 51.4 Å². The average molecular weight is 979 g/mol. The predicted molar refractivity (Wildman–Crippen MR) is 272 cm³/mol. The minimum absolute atomic E-state index is 0.258. The molecule has 6 rings (SSSR count). The summed E-state index contributed by atoms with van der Waals surface area (Å²) in [5.41, 5.74) is 5.08. The number of aromatic nitrogens is 4. The van der Waals surface area contributed by atoms with Crippen molar-refractivity contribution in [1.29, 1.82) is 0 Å². The van der Waals surface area contributed by atoms with Gasteiger partial charge in [0.1, 0.15) is 57.8 Å². The molecule has 0 aliphatic carbocycles. The van der Waals surface area contributed by atoms with E-state index in [0.29, 0.717) is 45.4 Å². The Hall–Kier alpha value is -7.89. The second-order valence-corrected chi connectivity index (χ2v) is 19.9. The summed E-state index contributed by atoms with van der Waals surface area (Å²) in [5.74, 6) is 13.6. The molecule has 0 aliphatic rings. The zero-order chi connectivity index (χ0) is 51.9. The molecule has 0 saturated heterocycles. The molecule has 71 heavy (non-hydrogen) atoms. The molecule has 2 aromatic carbocycles. The van der Waals surface area contributed by atoms with Crippen LogP contribution in [0.3, 0.4) is 0 Å². The Morgan fingerprint density at radius 3 is 1.23 bits per heavy atom. The van der Waals surface area contributed by atoms with Gasteiger partial charge in [-0.15, -0.1) is 0 Å². The molecule has 4 heterocycles. The number of hydrogen-bond donors (Lipinski definition) is 2. The fourth-order valence-electron chi connectivity index (χ4n) is 6.80. The summed E-state index contributed by atoms with van der Waals surface area (Å²) in [6, 6.07) is 20.9. The number of likely N-dealkylation sites (N-methyl/N-ethyl adjacent to an activating group) is 2. The van der Waals surface area contributed by atoms with E-state index < -0.39 is 47.3 Å². The lowest BCUT2D eigenvalue weighted by atomic mass is 10.0. The Balaban J connectivity index is 1.17. The summed E-state index contributed by atoms with van der Waals surface area (Å²) in [7, 11) is 3.01. The number of nitrogens with one attached hydrogen (secondary N) is 2. The normalized spacial score (nSPS) is 12.0. The Morgan fingerprint density at radius 2 is 0.915 bits per heavy atom. The van der Waals surface area contributed by atoms with Gasteiger partial charge in [0, 0.05) is 46.1 Å². The standard InChI is InChI=1S/C54H58N8O8S/c1-31-47(35(5)69-59-31)41-25-29-45(57-49(63)33(3)61(13)51(65)67-53(7,8)9)55-43(41)27-19-37-15-21-39(22-16-37)71-40-23-17-38(18-24-40)20-28-44-42(48-32(2)60-70-36(48)6)26-30-46(56-44)58-50(64)34(4)62(14)52(66)68-54(10,11)12/h15-18,21-26,29-30,33-34H,1-14H3,(H,55,57,63)(H,56,58,64)/t33-,34-/m0/s1. The molecule has 0 saturated carbocycles. The summed E-state index contributed by atoms with van der Waals surface area (Å²) < 4.78 is 21.8. The van der Waals surface area contributed by atoms with Crippen molar-refractivity contribution in [3.05, 3.63) is 118 Å². The monoisotopic (exact) mass is 978 g/mol. The maximum Gasteiger partial charge on any atom is 0.410 e. The maximum absolute atomic E-state index is 13.3. The molecule has 6 aromatic rings. The van der Waals surface area contributed by atoms with Crippen LogP contribution in [0.4, 0.5) is 21.2 Å². The van der Waals surface area contributed by atoms with Crippen LogP contribution in [0.25, 0.3) is 22.3 Å². The molecule has 0 aliphatic heterocycles. The first-order valence-electron chi connectivity index (χ1n) is 22.7. The van der Waals surface area contributed by atoms with Crippen LogP contribution < -0.4 is 10.6 Å². The predicted octanol–water partition coefficient (Wildman–Crippen LogP) is 10.4. The number of ether oxygens (including phenoxy) is 2. The summed E-state index contributed by atoms with van der Waals surface area (Å²) in [5, 5.41) is 13.9. The van der Waals surface area contributed by atoms with Gasteiger partial charge in [-0.2, -0.15) is 0 Å². The van der Waals surface area contributed by atoms with Gasteiger partial charge < -0.3 is 29.2 Å². The second kappa shape index (κ2) is 21.8. The highest BCUT2D eigenvalue weighted by Crippen LogP contribution is 2.32. The molecule has 4 amide bonds. The van der Waals surface area contributed by atoms with Crippen molar-refractivity contribution in [2.75, 3.05) is 24.7 Å². The zero-order valence-corrected chi connectivity index (χ0v) is 43.3. The molecule has 0 radical (unpaired) electrons. The topological polar surface area (TPSA) is 195 Å². The lowest BCUT2D eigenvalue weighted by Crippen LogP contribution is -2.45. The molecule has 368 valence electrons. The van der Waals surface area contributed by atoms with Crippen molar-refractivity contribution < 1.29 is 37.7 Å². The number of aryl methyl sites for hydroxylation is 4. The van der Waals surface area contributed by atoms with E-state index in [0.717, 1.165) is 32.0 Å². The van der Waals surface area contributed by atoms with E-state index in [1.807, 2.05) is 88.4 Å². The molecule has 0 spiro atoms. The van der Waals surface area contributed by atoms with E-state index in [1.54, 1.807) is 79.3 Å². The van der Waals surface area contributed by atoms with Crippen LogP contribution in [-0.2, 0) is 19.1 Å². The first kappa shape index (κ1) is 52.5. The number of pyridine rings is 2. The minimum atomic E-state index is -0.853. The number of anilines is 2. The molecule has 16 nitrogen and oxygen atoms in total. The Bertz CT molecular complexity index is 2840. The van der Waals surface area contributed by atoms with Gasteiger partial charge in [-0.05, 0) is 168 Å². The van der Waals surface area contributed by atoms with E-state index >= 15 is 0 Å². The zero-order valence-electron chi connectivity index (χ0n) is 42.4. The van der Waals surface area contributed by atoms with Crippen molar-refractivity contribution in [3.8, 4) is 45.9 Å². The van der Waals surface area contributed by atoms with Crippen LogP contribution in [-0.4, -0.2) is 91.5 Å². The van der Waals surface area contributed by atoms with Gasteiger partial charge in [-0.1, -0.05) is 33.9 Å². The molecule has 17 heteroatoms. The van der Waals surface area contributed by atoms with Crippen LogP contribution in [0.1, 0.15) is 101 Å². The van der Waals surface area contributed by atoms with Gasteiger partial charge in [-0.25, -0.2) is 19.6 Å². The van der Waals surface area contributed by atoms with Crippen molar-refractivity contribution in [3.63, 3.8) is 0 Å². The third kappa shape index (κ3) is 13.7. The van der Waals surface area contributed by atoms with Crippen LogP contribution >= 0.6 is 11.8 Å². The number of amides is 4. The maximum atomic E-state index is 13.3. The van der Waals surface area contributed by atoms with Crippen LogP contribution in [0.15, 0.2) is 91.6 Å². The molecule has 0 unspecified atom stereocenters. The smallest absolute Gasteiger partial charge is 0.410 e. The quantitative estimate of drug-likeness (QED) is 0.123. The molecule has 2 N–H and O–H groups in total. The summed E-state index contributed by atoms with van der Waals surface area (Å²) in [6.07, 6.45) is -1.24. The van der Waals surface area contributed by atoms with E-state index in [9.17, 15) is 19.2 Å². The van der Waals surface area contributed by atoms with Gasteiger partial charge >= 0.3 is 12.2 Å². The molecular formula is C54H58N8O8S. The van der Waals surface area contributed by atoms with Crippen molar-refractivity contribution in [2.24, 2.45) is 0 Å². The first-order valence-corrected chi connectivity index (χ1v) is 23.5. The van der Waals surface area contributed by atoms with Crippen LogP contribution in [0.5, 0.6) is 0 Å². The van der Waals surface area contributed by atoms with Gasteiger partial charge in [0.25, 0.3) is 0 Å². The van der Waals surface area contributed by atoms with Gasteiger partial charge in [-0.3, -0.25) is 19.4 Å². The highest BCUT2D eigenvalue weighted by Gasteiger charge is 2.29. The molecule has 2 atom stereocenters. The lowest BCUT2D eigenvalue weighted by Gasteiger charge is -2.28. The summed E-state index contributed by atoms with van der Waals surface area (Å²) >= 11 is 1.57. The lowest BCUT2D eigenvalue weighted by molar-refractivity contribution is -0.121. The molecule has 0 fully saturated rings. The van der Waals surface area contributed by atoms with E-state index in [1.165, 1.54) is 23.9 Å². The number of rotatable bonds is 10. The highest BCUT2D eigenvalue weighted by atomic mass is 32.2. The second-order valence-electron chi connectivity index (χ2n) is 18.7. The van der Waals surface area contributed by atoms with Crippen molar-refractivity contribution >= 4 is 47.4 Å². The summed E-state index contributed by atoms with van der Waals surface area (Å²) in [4.78, 5) is 65.7. The fourth-order valence-corrected chi connectivity index (χ4v) is 7.61. The Labute approximate surface area is 418 Å². The van der Waals surface area contributed by atoms with E-state index in [-0.39, 0.29) is 11.6 Å². The third-order valence-electron chi connectivity index (χ3n) is 10.8. The van der Waals surface area contributed by atoms with Gasteiger partial charge in [0.05, 0.1) is 22.5 Å². The highest BCUT2D eigenvalue weighted by molar-refractivity contribution is 7.99. The number of carbonyl (C=O) groups is 4. The van der Waals surface area contributed by atoms with Crippen molar-refractivity contribution in [2.45, 2.75) is 116 Å². The van der Waals surface area contributed by atoms with E-state index in [4.69, 9.17) is 28.5 Å². The molecular weight excluding hydrogens is 921 g/mol. The van der Waals surface area contributed by atoms with Crippen molar-refractivity contribution in [1.82, 2.24) is 30.1 Å². The average Bonchev–Trinajstić information content (AvgIpc) is 3.83. The van der Waals surface area contributed by atoms with Crippen LogP contribution in [0.2, 0.25) is 0 Å². The number of carbonyl (C=O) groups excluding carboxylic acids is 4. The molecule has 0 bridgehead atoms. The Kier molecular flexibility index (Phi) is 16.1. The van der Waals surface area contributed by atoms with E-state index in [2.05, 4.69) is 44.6 Å². The van der Waals surface area contributed by atoms with Gasteiger partial charge in [0.15, 0.2) is 0 Å². The Morgan fingerprint density at radius 1 is 0.563 bits per heavy atom. The largest absolute Gasteiger partial charge is 0.444 e. The fraction of sp³-hybridized carbons (Fsp3) is 0.333. The third-order valence-corrected chi connectivity index (χ3v) is 11.8. The summed E-state index contributed by atoms with van der Waals surface area (Å²) in [6.45, 7) is 21.1. The SMILES string of the molecule is Cc1noc(C)c1-c1ccc(NC(=O)[C@H](C)N(C)C(=O)OC(C)(C)C)nc1C#Cc1ccc(Sc2ccc(C#Cc3nc(NC(=O)[C@H](C)N(C)C(=O)OC(C)(C)C)ccc3-c3c(C)noc3C)cc2)cc1. The number of hydrogen-bond acceptors (Lipinski definition) is 13. The number of benzene rings is 2. The van der Waals surface area contributed by atoms with Gasteiger partial charge in [0.2, 0.25) is 11.8 Å².